The van der Waals surface area contributed by atoms with Crippen LogP contribution in [0.4, 0.5) is 11.4 Å². The van der Waals surface area contributed by atoms with Gasteiger partial charge in [0.15, 0.2) is 5.04 Å². The third-order valence-corrected chi connectivity index (χ3v) is 5.61. The molecule has 0 bridgehead atoms. The molecule has 0 aliphatic carbocycles. The number of Topliss-reactive ketones (excluding diaryl/α,β-unsaturated/α-hetero) is 1. The van der Waals surface area contributed by atoms with Crippen LogP contribution in [0.5, 0.6) is 0 Å². The smallest absolute Gasteiger partial charge is 0.283 e. The molecular formula is C22H14BrN5O4S. The van der Waals surface area contributed by atoms with Crippen LogP contribution in [0.25, 0.3) is 11.5 Å². The number of ketones is 1. The number of halogens is 1. The van der Waals surface area contributed by atoms with E-state index in [2.05, 4.69) is 36.7 Å². The van der Waals surface area contributed by atoms with Crippen molar-refractivity contribution in [3.63, 3.8) is 0 Å². The topological polar surface area (TPSA) is 124 Å². The Labute approximate surface area is 200 Å². The fourth-order valence-corrected chi connectivity index (χ4v) is 3.58. The molecule has 9 nitrogen and oxygen atoms in total. The molecule has 164 valence electrons. The van der Waals surface area contributed by atoms with Crippen LogP contribution < -0.4 is 5.43 Å². The molecule has 0 saturated heterocycles. The summed E-state index contributed by atoms with van der Waals surface area (Å²) in [6.07, 6.45) is 0. The number of nitro groups is 1. The molecule has 11 heteroatoms. The lowest BCUT2D eigenvalue weighted by Crippen LogP contribution is -2.13. The Bertz CT molecular complexity index is 1310. The van der Waals surface area contributed by atoms with Crippen molar-refractivity contribution in [3.8, 4) is 11.5 Å². The van der Waals surface area contributed by atoms with Crippen molar-refractivity contribution in [3.05, 3.63) is 99.0 Å². The molecule has 0 radical (unpaired) electrons. The van der Waals surface area contributed by atoms with Gasteiger partial charge in [0.25, 0.3) is 10.9 Å². The zero-order valence-corrected chi connectivity index (χ0v) is 19.1. The van der Waals surface area contributed by atoms with Crippen LogP contribution in [-0.2, 0) is 0 Å². The number of nitrogens with one attached hydrogen (secondary N) is 1. The van der Waals surface area contributed by atoms with Gasteiger partial charge in [0, 0.05) is 27.7 Å². The fourth-order valence-electron chi connectivity index (χ4n) is 2.65. The second-order valence-electron chi connectivity index (χ2n) is 6.51. The highest BCUT2D eigenvalue weighted by Crippen LogP contribution is 2.26. The summed E-state index contributed by atoms with van der Waals surface area (Å²) in [5, 5.41) is 23.3. The van der Waals surface area contributed by atoms with Crippen molar-refractivity contribution in [1.82, 2.24) is 10.2 Å². The maximum absolute atomic E-state index is 13.1. The molecule has 0 spiro atoms. The highest BCUT2D eigenvalue weighted by molar-refractivity contribution is 9.10. The number of nitro benzene ring substituents is 1. The standard InChI is InChI=1S/C22H14BrN5O4S/c23-16-8-6-15(7-9-16)20-25-27-22(32-20)33-21(19(29)14-4-2-1-3-5-14)26-24-17-10-12-18(13-11-17)28(30)31/h1-13,24H/b26-21+. The van der Waals surface area contributed by atoms with Crippen molar-refractivity contribution in [2.75, 3.05) is 5.43 Å². The average molecular weight is 524 g/mol. The minimum atomic E-state index is -0.494. The molecule has 0 unspecified atom stereocenters. The number of nitrogens with zero attached hydrogens (tertiary/aromatic N) is 4. The lowest BCUT2D eigenvalue weighted by molar-refractivity contribution is -0.384. The number of carbonyl (C=O) groups excluding carboxylic acids is 1. The lowest BCUT2D eigenvalue weighted by Gasteiger charge is -2.05. The Hall–Kier alpha value is -3.83. The van der Waals surface area contributed by atoms with Gasteiger partial charge >= 0.3 is 0 Å². The molecule has 1 aromatic heterocycles. The van der Waals surface area contributed by atoms with Crippen molar-refractivity contribution >= 4 is 49.9 Å². The van der Waals surface area contributed by atoms with Crippen molar-refractivity contribution in [1.29, 1.82) is 0 Å². The Morgan fingerprint density at radius 1 is 1.00 bits per heavy atom. The molecule has 3 aromatic carbocycles. The van der Waals surface area contributed by atoms with Crippen LogP contribution in [0, 0.1) is 10.1 Å². The summed E-state index contributed by atoms with van der Waals surface area (Å²) in [5.41, 5.74) is 4.34. The van der Waals surface area contributed by atoms with E-state index in [4.69, 9.17) is 4.42 Å². The van der Waals surface area contributed by atoms with Gasteiger partial charge in [-0.05, 0) is 48.2 Å². The second-order valence-corrected chi connectivity index (χ2v) is 8.37. The number of thioether (sulfide) groups is 1. The Kier molecular flexibility index (Phi) is 6.91. The molecule has 0 fully saturated rings. The van der Waals surface area contributed by atoms with Crippen LogP contribution in [-0.4, -0.2) is 25.9 Å². The van der Waals surface area contributed by atoms with Gasteiger partial charge in [-0.1, -0.05) is 46.3 Å². The molecule has 0 amide bonds. The third kappa shape index (κ3) is 5.70. The number of hydrazone groups is 1. The van der Waals surface area contributed by atoms with Gasteiger partial charge in [-0.2, -0.15) is 5.10 Å². The van der Waals surface area contributed by atoms with E-state index in [0.717, 1.165) is 21.8 Å². The minimum absolute atomic E-state index is 0.0502. The van der Waals surface area contributed by atoms with E-state index in [9.17, 15) is 14.9 Å². The monoisotopic (exact) mass is 523 g/mol. The van der Waals surface area contributed by atoms with Crippen molar-refractivity contribution < 1.29 is 14.1 Å². The number of non-ortho nitro benzene ring substituents is 1. The first-order chi connectivity index (χ1) is 16.0. The van der Waals surface area contributed by atoms with E-state index < -0.39 is 4.92 Å². The Balaban J connectivity index is 1.59. The predicted molar refractivity (Wildman–Crippen MR) is 128 cm³/mol. The Morgan fingerprint density at radius 3 is 2.36 bits per heavy atom. The largest absolute Gasteiger partial charge is 0.411 e. The number of benzene rings is 3. The summed E-state index contributed by atoms with van der Waals surface area (Å²) >= 11 is 4.30. The second kappa shape index (κ2) is 10.2. The summed E-state index contributed by atoms with van der Waals surface area (Å²) in [5.74, 6) is -0.0433. The summed E-state index contributed by atoms with van der Waals surface area (Å²) in [7, 11) is 0. The number of hydrogen-bond acceptors (Lipinski definition) is 9. The maximum Gasteiger partial charge on any atom is 0.283 e. The van der Waals surface area contributed by atoms with Crippen LogP contribution in [0.2, 0.25) is 0 Å². The summed E-state index contributed by atoms with van der Waals surface area (Å²) in [6.45, 7) is 0. The number of hydrogen-bond donors (Lipinski definition) is 1. The van der Waals surface area contributed by atoms with E-state index in [1.165, 1.54) is 24.3 Å². The molecular weight excluding hydrogens is 510 g/mol. The molecule has 1 N–H and O–H groups in total. The first kappa shape index (κ1) is 22.4. The Morgan fingerprint density at radius 2 is 1.70 bits per heavy atom. The van der Waals surface area contributed by atoms with Crippen LogP contribution in [0.3, 0.4) is 0 Å². The van der Waals surface area contributed by atoms with E-state index in [1.807, 2.05) is 24.3 Å². The first-order valence-corrected chi connectivity index (χ1v) is 11.1. The predicted octanol–water partition coefficient (Wildman–Crippen LogP) is 5.81. The van der Waals surface area contributed by atoms with Gasteiger partial charge in [0.2, 0.25) is 11.7 Å². The molecule has 1 heterocycles. The van der Waals surface area contributed by atoms with E-state index in [0.29, 0.717) is 17.1 Å². The summed E-state index contributed by atoms with van der Waals surface area (Å²) in [6, 6.07) is 21.7. The van der Waals surface area contributed by atoms with Gasteiger partial charge in [-0.25, -0.2) is 0 Å². The van der Waals surface area contributed by atoms with Crippen LogP contribution in [0.1, 0.15) is 10.4 Å². The lowest BCUT2D eigenvalue weighted by atomic mass is 10.1. The molecule has 4 rings (SSSR count). The zero-order chi connectivity index (χ0) is 23.2. The minimum Gasteiger partial charge on any atom is -0.411 e. The normalized spacial score (nSPS) is 11.2. The highest BCUT2D eigenvalue weighted by Gasteiger charge is 2.20. The maximum atomic E-state index is 13.1. The quantitative estimate of drug-likeness (QED) is 0.0803. The molecule has 4 aromatic rings. The highest BCUT2D eigenvalue weighted by atomic mass is 79.9. The SMILES string of the molecule is O=C(/C(=N\Nc1ccc([N+](=O)[O-])cc1)Sc1nnc(-c2ccc(Br)cc2)o1)c1ccccc1. The molecule has 0 aliphatic heterocycles. The van der Waals surface area contributed by atoms with E-state index >= 15 is 0 Å². The molecule has 0 saturated carbocycles. The van der Waals surface area contributed by atoms with Gasteiger partial charge in [-0.3, -0.25) is 20.3 Å². The summed E-state index contributed by atoms with van der Waals surface area (Å²) in [4.78, 5) is 23.4. The first-order valence-electron chi connectivity index (χ1n) is 9.45. The van der Waals surface area contributed by atoms with Gasteiger partial charge in [0.05, 0.1) is 10.6 Å². The van der Waals surface area contributed by atoms with Gasteiger partial charge < -0.3 is 4.42 Å². The van der Waals surface area contributed by atoms with Crippen LogP contribution >= 0.6 is 27.7 Å². The number of carbonyl (C=O) groups is 1. The average Bonchev–Trinajstić information content (AvgIpc) is 3.31. The van der Waals surface area contributed by atoms with E-state index in [-0.39, 0.29) is 21.7 Å². The van der Waals surface area contributed by atoms with Crippen molar-refractivity contribution in [2.24, 2.45) is 5.10 Å². The fraction of sp³-hybridized carbons (Fsp3) is 0. The number of aromatic nitrogens is 2. The van der Waals surface area contributed by atoms with E-state index in [1.54, 1.807) is 30.3 Å². The third-order valence-electron chi connectivity index (χ3n) is 4.28. The van der Waals surface area contributed by atoms with Gasteiger partial charge in [0.1, 0.15) is 0 Å². The summed E-state index contributed by atoms with van der Waals surface area (Å²) < 4.78 is 6.63. The molecule has 0 atom stereocenters. The number of anilines is 1. The zero-order valence-electron chi connectivity index (χ0n) is 16.7. The van der Waals surface area contributed by atoms with Crippen molar-refractivity contribution in [2.45, 2.75) is 5.22 Å². The molecule has 0 aliphatic rings. The van der Waals surface area contributed by atoms with Gasteiger partial charge in [-0.15, -0.1) is 10.2 Å². The number of rotatable bonds is 7. The van der Waals surface area contributed by atoms with Crippen LogP contribution in [0.15, 0.2) is 98.1 Å². The molecule has 33 heavy (non-hydrogen) atoms.